The number of ketones is 1. The third-order valence-corrected chi connectivity index (χ3v) is 4.42. The second-order valence-corrected chi connectivity index (χ2v) is 6.38. The highest BCUT2D eigenvalue weighted by molar-refractivity contribution is 5.99. The number of amides is 1. The zero-order valence-electron chi connectivity index (χ0n) is 15.4. The molecule has 0 saturated carbocycles. The minimum atomic E-state index is -0.191. The normalized spacial score (nSPS) is 10.6. The van der Waals surface area contributed by atoms with E-state index in [9.17, 15) is 9.59 Å². The van der Waals surface area contributed by atoms with Crippen molar-refractivity contribution in [1.29, 1.82) is 0 Å². The smallest absolute Gasteiger partial charge is 0.225 e. The molecule has 138 valence electrons. The molecular weight excluding hydrogens is 338 g/mol. The van der Waals surface area contributed by atoms with Gasteiger partial charge in [0.15, 0.2) is 5.78 Å². The van der Waals surface area contributed by atoms with Gasteiger partial charge in [-0.15, -0.1) is 0 Å². The van der Waals surface area contributed by atoms with Crippen LogP contribution < -0.4 is 5.32 Å². The monoisotopic (exact) mass is 361 g/mol. The Labute approximate surface area is 159 Å². The van der Waals surface area contributed by atoms with Crippen LogP contribution in [0.3, 0.4) is 0 Å². The molecule has 0 radical (unpaired) electrons. The quantitative estimate of drug-likeness (QED) is 0.615. The standard InChI is InChI=1S/C22H23N3O2/c1-2-17-8-10-19(11-9-17)20(26)12-13-22(27)24-21-14-15-23-25(21)16-18-6-4-3-5-7-18/h3-11,14-15H,2,12-13,16H2,1H3,(H,24,27). The van der Waals surface area contributed by atoms with E-state index in [2.05, 4.69) is 17.3 Å². The molecule has 0 bridgehead atoms. The van der Waals surface area contributed by atoms with Gasteiger partial charge in [-0.2, -0.15) is 5.10 Å². The molecule has 5 heteroatoms. The van der Waals surface area contributed by atoms with E-state index in [0.717, 1.165) is 12.0 Å². The average Bonchev–Trinajstić information content (AvgIpc) is 3.13. The topological polar surface area (TPSA) is 64.0 Å². The molecule has 0 fully saturated rings. The molecule has 0 saturated heterocycles. The Morgan fingerprint density at radius 1 is 0.926 bits per heavy atom. The zero-order chi connectivity index (χ0) is 19.1. The average molecular weight is 361 g/mol. The summed E-state index contributed by atoms with van der Waals surface area (Å²) in [5.41, 5.74) is 2.94. The third-order valence-electron chi connectivity index (χ3n) is 4.42. The number of hydrogen-bond acceptors (Lipinski definition) is 3. The summed E-state index contributed by atoms with van der Waals surface area (Å²) >= 11 is 0. The lowest BCUT2D eigenvalue weighted by Gasteiger charge is -2.09. The van der Waals surface area contributed by atoms with E-state index >= 15 is 0 Å². The van der Waals surface area contributed by atoms with Crippen LogP contribution in [0, 0.1) is 0 Å². The number of nitrogens with zero attached hydrogens (tertiary/aromatic N) is 2. The highest BCUT2D eigenvalue weighted by Crippen LogP contribution is 2.12. The summed E-state index contributed by atoms with van der Waals surface area (Å²) in [7, 11) is 0. The summed E-state index contributed by atoms with van der Waals surface area (Å²) in [4.78, 5) is 24.5. The number of carbonyl (C=O) groups excluding carboxylic acids is 2. The van der Waals surface area contributed by atoms with Crippen molar-refractivity contribution >= 4 is 17.5 Å². The van der Waals surface area contributed by atoms with Crippen molar-refractivity contribution in [3.8, 4) is 0 Å². The predicted molar refractivity (Wildman–Crippen MR) is 106 cm³/mol. The second kappa shape index (κ2) is 8.94. The summed E-state index contributed by atoms with van der Waals surface area (Å²) in [6.45, 7) is 2.65. The largest absolute Gasteiger partial charge is 0.311 e. The van der Waals surface area contributed by atoms with Crippen molar-refractivity contribution in [3.05, 3.63) is 83.6 Å². The fourth-order valence-electron chi connectivity index (χ4n) is 2.82. The maximum absolute atomic E-state index is 12.3. The van der Waals surface area contributed by atoms with E-state index < -0.39 is 0 Å². The molecule has 0 aliphatic carbocycles. The summed E-state index contributed by atoms with van der Waals surface area (Å²) in [5, 5.41) is 7.10. The number of nitrogens with one attached hydrogen (secondary N) is 1. The first-order valence-electron chi connectivity index (χ1n) is 9.13. The van der Waals surface area contributed by atoms with Gasteiger partial charge in [0.1, 0.15) is 5.82 Å². The molecule has 2 aromatic carbocycles. The van der Waals surface area contributed by atoms with Crippen LogP contribution >= 0.6 is 0 Å². The fraction of sp³-hybridized carbons (Fsp3) is 0.227. The number of carbonyl (C=O) groups is 2. The molecule has 27 heavy (non-hydrogen) atoms. The summed E-state index contributed by atoms with van der Waals surface area (Å²) in [5.74, 6) is 0.414. The van der Waals surface area contributed by atoms with Gasteiger partial charge in [-0.25, -0.2) is 4.68 Å². The van der Waals surface area contributed by atoms with Gasteiger partial charge < -0.3 is 5.32 Å². The minimum Gasteiger partial charge on any atom is -0.311 e. The molecule has 3 aromatic rings. The van der Waals surface area contributed by atoms with Crippen LogP contribution in [0.1, 0.15) is 41.3 Å². The van der Waals surface area contributed by atoms with Crippen LogP contribution in [0.5, 0.6) is 0 Å². The van der Waals surface area contributed by atoms with Crippen LogP contribution in [0.2, 0.25) is 0 Å². The number of benzene rings is 2. The Morgan fingerprint density at radius 3 is 2.37 bits per heavy atom. The van der Waals surface area contributed by atoms with E-state index in [1.54, 1.807) is 16.9 Å². The van der Waals surface area contributed by atoms with E-state index in [1.165, 1.54) is 5.56 Å². The first-order valence-corrected chi connectivity index (χ1v) is 9.13. The van der Waals surface area contributed by atoms with Gasteiger partial charge in [0, 0.05) is 24.5 Å². The molecule has 1 heterocycles. The maximum atomic E-state index is 12.3. The highest BCUT2D eigenvalue weighted by Gasteiger charge is 2.12. The van der Waals surface area contributed by atoms with E-state index in [4.69, 9.17) is 0 Å². The second-order valence-electron chi connectivity index (χ2n) is 6.38. The molecule has 0 aliphatic rings. The third kappa shape index (κ3) is 5.14. The van der Waals surface area contributed by atoms with Gasteiger partial charge in [-0.3, -0.25) is 9.59 Å². The number of aromatic nitrogens is 2. The van der Waals surface area contributed by atoms with Crippen molar-refractivity contribution in [1.82, 2.24) is 9.78 Å². The summed E-state index contributed by atoms with van der Waals surface area (Å²) in [6.07, 6.45) is 2.92. The van der Waals surface area contributed by atoms with Crippen molar-refractivity contribution in [2.24, 2.45) is 0 Å². The molecule has 0 spiro atoms. The molecular formula is C22H23N3O2. The number of Topliss-reactive ketones (excluding diaryl/α,β-unsaturated/α-hetero) is 1. The number of hydrogen-bond donors (Lipinski definition) is 1. The van der Waals surface area contributed by atoms with Crippen molar-refractivity contribution in [2.45, 2.75) is 32.7 Å². The fourth-order valence-corrected chi connectivity index (χ4v) is 2.82. The molecule has 1 aromatic heterocycles. The van der Waals surface area contributed by atoms with Crippen molar-refractivity contribution in [3.63, 3.8) is 0 Å². The lowest BCUT2D eigenvalue weighted by Crippen LogP contribution is -2.17. The molecule has 3 rings (SSSR count). The van der Waals surface area contributed by atoms with Crippen LogP contribution in [-0.4, -0.2) is 21.5 Å². The Balaban J connectivity index is 1.53. The van der Waals surface area contributed by atoms with Crippen LogP contribution in [-0.2, 0) is 17.8 Å². The first-order chi connectivity index (χ1) is 13.2. The zero-order valence-corrected chi connectivity index (χ0v) is 15.4. The molecule has 1 N–H and O–H groups in total. The molecule has 0 atom stereocenters. The Morgan fingerprint density at radius 2 is 1.67 bits per heavy atom. The Kier molecular flexibility index (Phi) is 6.15. The van der Waals surface area contributed by atoms with Crippen LogP contribution in [0.25, 0.3) is 0 Å². The van der Waals surface area contributed by atoms with Gasteiger partial charge in [0.05, 0.1) is 12.7 Å². The van der Waals surface area contributed by atoms with E-state index in [1.807, 2.05) is 54.6 Å². The Bertz CT molecular complexity index is 899. The molecule has 5 nitrogen and oxygen atoms in total. The van der Waals surface area contributed by atoms with Crippen molar-refractivity contribution in [2.75, 3.05) is 5.32 Å². The summed E-state index contributed by atoms with van der Waals surface area (Å²) in [6, 6.07) is 19.2. The minimum absolute atomic E-state index is 0.0226. The van der Waals surface area contributed by atoms with E-state index in [0.29, 0.717) is 17.9 Å². The Hall–Kier alpha value is -3.21. The SMILES string of the molecule is CCc1ccc(C(=O)CCC(=O)Nc2ccnn2Cc2ccccc2)cc1. The maximum Gasteiger partial charge on any atom is 0.225 e. The van der Waals surface area contributed by atoms with Gasteiger partial charge in [-0.05, 0) is 17.5 Å². The predicted octanol–water partition coefficient (Wildman–Crippen LogP) is 4.10. The molecule has 1 amide bonds. The highest BCUT2D eigenvalue weighted by atomic mass is 16.2. The van der Waals surface area contributed by atoms with Crippen LogP contribution in [0.15, 0.2) is 66.9 Å². The van der Waals surface area contributed by atoms with Gasteiger partial charge in [0.25, 0.3) is 0 Å². The number of rotatable bonds is 8. The van der Waals surface area contributed by atoms with Crippen LogP contribution in [0.4, 0.5) is 5.82 Å². The molecule has 0 aliphatic heterocycles. The summed E-state index contributed by atoms with van der Waals surface area (Å²) < 4.78 is 1.73. The number of aryl methyl sites for hydroxylation is 1. The van der Waals surface area contributed by atoms with Crippen molar-refractivity contribution < 1.29 is 9.59 Å². The van der Waals surface area contributed by atoms with E-state index in [-0.39, 0.29) is 24.5 Å². The van der Waals surface area contributed by atoms with Gasteiger partial charge in [0.2, 0.25) is 5.91 Å². The molecule has 0 unspecified atom stereocenters. The van der Waals surface area contributed by atoms with Gasteiger partial charge in [-0.1, -0.05) is 61.5 Å². The van der Waals surface area contributed by atoms with Gasteiger partial charge >= 0.3 is 0 Å². The lowest BCUT2D eigenvalue weighted by atomic mass is 10.0. The first kappa shape index (κ1) is 18.6. The lowest BCUT2D eigenvalue weighted by molar-refractivity contribution is -0.116. The number of anilines is 1.